The third kappa shape index (κ3) is 5.95. The van der Waals surface area contributed by atoms with E-state index in [1.54, 1.807) is 24.3 Å². The molecule has 160 valence electrons. The van der Waals surface area contributed by atoms with Gasteiger partial charge in [0.2, 0.25) is 0 Å². The lowest BCUT2D eigenvalue weighted by Gasteiger charge is -2.20. The molecule has 0 atom stereocenters. The Bertz CT molecular complexity index is 1000. The highest BCUT2D eigenvalue weighted by molar-refractivity contribution is 6.30. The van der Waals surface area contributed by atoms with Gasteiger partial charge in [-0.25, -0.2) is 0 Å². The molecular formula is C24H25ClN4O2. The number of hydrogen-bond donors (Lipinski definition) is 1. The van der Waals surface area contributed by atoms with E-state index in [4.69, 9.17) is 16.3 Å². The first kappa shape index (κ1) is 21.1. The smallest absolute Gasteiger partial charge is 0.262 e. The Hall–Kier alpha value is -3.12. The third-order valence-electron chi connectivity index (χ3n) is 5.21. The predicted molar refractivity (Wildman–Crippen MR) is 124 cm³/mol. The van der Waals surface area contributed by atoms with Crippen LogP contribution in [0.2, 0.25) is 5.02 Å². The van der Waals surface area contributed by atoms with Crippen LogP contribution in [-0.4, -0.2) is 35.8 Å². The molecule has 0 spiro atoms. The van der Waals surface area contributed by atoms with Crippen molar-refractivity contribution in [2.24, 2.45) is 0 Å². The summed E-state index contributed by atoms with van der Waals surface area (Å²) in [5.41, 5.74) is 2.45. The Morgan fingerprint density at radius 3 is 2.42 bits per heavy atom. The molecule has 4 rings (SSSR count). The zero-order valence-electron chi connectivity index (χ0n) is 17.3. The fourth-order valence-corrected chi connectivity index (χ4v) is 3.75. The van der Waals surface area contributed by atoms with Crippen molar-refractivity contribution < 1.29 is 9.53 Å². The van der Waals surface area contributed by atoms with Gasteiger partial charge in [-0.3, -0.25) is 4.79 Å². The van der Waals surface area contributed by atoms with Gasteiger partial charge in [-0.05, 0) is 55.3 Å². The van der Waals surface area contributed by atoms with Crippen LogP contribution in [0.25, 0.3) is 11.3 Å². The van der Waals surface area contributed by atoms with Gasteiger partial charge in [-0.1, -0.05) is 42.6 Å². The lowest BCUT2D eigenvalue weighted by molar-refractivity contribution is -0.118. The van der Waals surface area contributed by atoms with E-state index in [1.807, 2.05) is 36.4 Å². The monoisotopic (exact) mass is 436 g/mol. The van der Waals surface area contributed by atoms with Crippen molar-refractivity contribution in [2.45, 2.75) is 25.7 Å². The highest BCUT2D eigenvalue weighted by Gasteiger charge is 2.12. The van der Waals surface area contributed by atoms with Gasteiger partial charge in [0.05, 0.1) is 5.69 Å². The van der Waals surface area contributed by atoms with Crippen LogP contribution in [0, 0.1) is 0 Å². The van der Waals surface area contributed by atoms with Crippen LogP contribution in [0.15, 0.2) is 60.7 Å². The molecule has 1 N–H and O–H groups in total. The highest BCUT2D eigenvalue weighted by atomic mass is 35.5. The number of nitrogens with one attached hydrogen (secondary N) is 1. The van der Waals surface area contributed by atoms with E-state index in [0.29, 0.717) is 16.5 Å². The van der Waals surface area contributed by atoms with Crippen molar-refractivity contribution in [1.82, 2.24) is 10.2 Å². The lowest BCUT2D eigenvalue weighted by atomic mass is 10.1. The molecule has 0 aliphatic carbocycles. The molecular weight excluding hydrogens is 412 g/mol. The molecule has 2 heterocycles. The molecule has 7 heteroatoms. The first-order valence-corrected chi connectivity index (χ1v) is 10.9. The van der Waals surface area contributed by atoms with Crippen molar-refractivity contribution >= 4 is 29.0 Å². The maximum absolute atomic E-state index is 12.1. The molecule has 6 nitrogen and oxygen atoms in total. The molecule has 1 aromatic heterocycles. The summed E-state index contributed by atoms with van der Waals surface area (Å²) in [5, 5.41) is 12.2. The van der Waals surface area contributed by atoms with E-state index in [2.05, 4.69) is 20.4 Å². The van der Waals surface area contributed by atoms with E-state index >= 15 is 0 Å². The maximum atomic E-state index is 12.1. The number of amides is 1. The minimum Gasteiger partial charge on any atom is -0.484 e. The largest absolute Gasteiger partial charge is 0.484 e. The average molecular weight is 437 g/mol. The fourth-order valence-electron chi connectivity index (χ4n) is 3.57. The van der Waals surface area contributed by atoms with Crippen molar-refractivity contribution in [3.8, 4) is 17.0 Å². The number of carbonyl (C=O) groups is 1. The van der Waals surface area contributed by atoms with Crippen LogP contribution in [0.3, 0.4) is 0 Å². The van der Waals surface area contributed by atoms with Crippen molar-refractivity contribution in [3.05, 3.63) is 65.7 Å². The molecule has 1 aliphatic heterocycles. The van der Waals surface area contributed by atoms with E-state index in [9.17, 15) is 4.79 Å². The molecule has 31 heavy (non-hydrogen) atoms. The minimum atomic E-state index is -0.241. The summed E-state index contributed by atoms with van der Waals surface area (Å²) in [6.45, 7) is 2.00. The van der Waals surface area contributed by atoms with E-state index in [-0.39, 0.29) is 12.5 Å². The molecule has 0 unspecified atom stereocenters. The molecule has 0 bridgehead atoms. The van der Waals surface area contributed by atoms with Gasteiger partial charge in [0.25, 0.3) is 5.91 Å². The van der Waals surface area contributed by atoms with Crippen LogP contribution < -0.4 is 15.0 Å². The number of hydrogen-bond acceptors (Lipinski definition) is 5. The van der Waals surface area contributed by atoms with Crippen LogP contribution in [0.1, 0.15) is 25.7 Å². The molecule has 0 radical (unpaired) electrons. The quantitative estimate of drug-likeness (QED) is 0.575. The number of nitrogens with zero attached hydrogens (tertiary/aromatic N) is 3. The third-order valence-corrected chi connectivity index (χ3v) is 5.45. The normalized spacial score (nSPS) is 14.0. The van der Waals surface area contributed by atoms with Gasteiger partial charge in [-0.15, -0.1) is 10.2 Å². The number of rotatable bonds is 6. The lowest BCUT2D eigenvalue weighted by Crippen LogP contribution is -2.25. The summed E-state index contributed by atoms with van der Waals surface area (Å²) in [4.78, 5) is 14.5. The summed E-state index contributed by atoms with van der Waals surface area (Å²) in [6, 6.07) is 18.5. The Morgan fingerprint density at radius 1 is 0.968 bits per heavy atom. The number of aromatic nitrogens is 2. The molecule has 0 saturated carbocycles. The Kier molecular flexibility index (Phi) is 6.99. The van der Waals surface area contributed by atoms with Crippen molar-refractivity contribution in [1.29, 1.82) is 0 Å². The summed E-state index contributed by atoms with van der Waals surface area (Å²) in [7, 11) is 0. The zero-order chi connectivity index (χ0) is 21.5. The number of anilines is 2. The SMILES string of the molecule is O=C(COc1cccc(Cl)c1)Nc1ccc(-c2ccc(N3CCCCCC3)nn2)cc1. The molecule has 3 aromatic rings. The van der Waals surface area contributed by atoms with Crippen molar-refractivity contribution in [3.63, 3.8) is 0 Å². The van der Waals surface area contributed by atoms with E-state index < -0.39 is 0 Å². The predicted octanol–water partition coefficient (Wildman–Crippen LogP) is 5.19. The second-order valence-corrected chi connectivity index (χ2v) is 7.99. The molecule has 1 fully saturated rings. The first-order valence-electron chi connectivity index (χ1n) is 10.5. The van der Waals surface area contributed by atoms with Gasteiger partial charge < -0.3 is 15.0 Å². The fraction of sp³-hybridized carbons (Fsp3) is 0.292. The number of ether oxygens (including phenoxy) is 1. The maximum Gasteiger partial charge on any atom is 0.262 e. The number of benzene rings is 2. The summed E-state index contributed by atoms with van der Waals surface area (Å²) in [5.74, 6) is 1.25. The molecule has 1 aliphatic rings. The standard InChI is InChI=1S/C24H25ClN4O2/c25-19-6-5-7-21(16-19)31-17-24(30)26-20-10-8-18(9-11-20)22-12-13-23(28-27-22)29-14-3-1-2-4-15-29/h5-13,16H,1-4,14-15,17H2,(H,26,30). The van der Waals surface area contributed by atoms with Crippen molar-refractivity contribution in [2.75, 3.05) is 29.9 Å². The molecule has 1 amide bonds. The molecule has 1 saturated heterocycles. The van der Waals surface area contributed by atoms with Crippen LogP contribution in [0.5, 0.6) is 5.75 Å². The van der Waals surface area contributed by atoms with Gasteiger partial charge in [0.15, 0.2) is 12.4 Å². The van der Waals surface area contributed by atoms with Gasteiger partial charge >= 0.3 is 0 Å². The Balaban J connectivity index is 1.32. The number of halogens is 1. The Labute approximate surface area is 187 Å². The van der Waals surface area contributed by atoms with Gasteiger partial charge in [-0.2, -0.15) is 0 Å². The topological polar surface area (TPSA) is 67.3 Å². The number of carbonyl (C=O) groups excluding carboxylic acids is 1. The first-order chi connectivity index (χ1) is 15.2. The van der Waals surface area contributed by atoms with Crippen LogP contribution in [0.4, 0.5) is 11.5 Å². The van der Waals surface area contributed by atoms with E-state index in [1.165, 1.54) is 25.7 Å². The average Bonchev–Trinajstić information content (AvgIpc) is 3.08. The summed E-state index contributed by atoms with van der Waals surface area (Å²) >= 11 is 5.92. The van der Waals surface area contributed by atoms with Crippen LogP contribution >= 0.6 is 11.6 Å². The molecule has 2 aromatic carbocycles. The Morgan fingerprint density at radius 2 is 1.74 bits per heavy atom. The van der Waals surface area contributed by atoms with Gasteiger partial charge in [0, 0.05) is 29.4 Å². The summed E-state index contributed by atoms with van der Waals surface area (Å²) in [6.07, 6.45) is 5.00. The minimum absolute atomic E-state index is 0.0917. The second-order valence-electron chi connectivity index (χ2n) is 7.55. The van der Waals surface area contributed by atoms with Crippen LogP contribution in [-0.2, 0) is 4.79 Å². The van der Waals surface area contributed by atoms with Gasteiger partial charge in [0.1, 0.15) is 5.75 Å². The zero-order valence-corrected chi connectivity index (χ0v) is 18.0. The summed E-state index contributed by atoms with van der Waals surface area (Å²) < 4.78 is 5.46. The second kappa shape index (κ2) is 10.3. The highest BCUT2D eigenvalue weighted by Crippen LogP contribution is 2.22. The van der Waals surface area contributed by atoms with E-state index in [0.717, 1.165) is 30.2 Å².